The second kappa shape index (κ2) is 7.01. The summed E-state index contributed by atoms with van der Waals surface area (Å²) in [5.41, 5.74) is 2.05. The van der Waals surface area contributed by atoms with Crippen LogP contribution in [-0.2, 0) is 11.2 Å². The number of hydrogen-bond donors (Lipinski definition) is 2. The van der Waals surface area contributed by atoms with Crippen LogP contribution >= 0.6 is 0 Å². The Hall–Kier alpha value is -1.55. The van der Waals surface area contributed by atoms with Crippen LogP contribution in [0.5, 0.6) is 5.75 Å². The van der Waals surface area contributed by atoms with Crippen LogP contribution in [-0.4, -0.2) is 32.7 Å². The van der Waals surface area contributed by atoms with Crippen LogP contribution in [0.2, 0.25) is 0 Å². The van der Waals surface area contributed by atoms with Crippen LogP contribution in [0.25, 0.3) is 0 Å². The van der Waals surface area contributed by atoms with Crippen LogP contribution < -0.4 is 15.4 Å². The van der Waals surface area contributed by atoms with Crippen LogP contribution in [0.15, 0.2) is 18.2 Å². The quantitative estimate of drug-likeness (QED) is 0.799. The third-order valence-corrected chi connectivity index (χ3v) is 2.89. The molecule has 1 aromatic carbocycles. The molecule has 0 radical (unpaired) electrons. The van der Waals surface area contributed by atoms with Crippen molar-refractivity contribution in [3.05, 3.63) is 29.3 Å². The van der Waals surface area contributed by atoms with Crippen molar-refractivity contribution in [2.24, 2.45) is 0 Å². The molecule has 2 N–H and O–H groups in total. The molecule has 0 bridgehead atoms. The van der Waals surface area contributed by atoms with Gasteiger partial charge in [-0.3, -0.25) is 4.79 Å². The number of benzene rings is 1. The van der Waals surface area contributed by atoms with E-state index in [1.54, 1.807) is 7.11 Å². The Bertz CT molecular complexity index is 405. The monoisotopic (exact) mass is 250 g/mol. The number of ether oxygens (including phenoxy) is 1. The molecule has 1 unspecified atom stereocenters. The van der Waals surface area contributed by atoms with Crippen LogP contribution in [0.3, 0.4) is 0 Å². The maximum atomic E-state index is 11.8. The Kier molecular flexibility index (Phi) is 5.65. The third kappa shape index (κ3) is 4.37. The summed E-state index contributed by atoms with van der Waals surface area (Å²) in [4.78, 5) is 11.8. The summed E-state index contributed by atoms with van der Waals surface area (Å²) in [6.07, 6.45) is 0.348. The van der Waals surface area contributed by atoms with E-state index in [1.165, 1.54) is 0 Å². The molecule has 4 nitrogen and oxygen atoms in total. The molecule has 0 fully saturated rings. The number of likely N-dealkylation sites (N-methyl/N-ethyl adjacent to an activating group) is 1. The average Bonchev–Trinajstić information content (AvgIpc) is 2.36. The normalized spacial score (nSPS) is 12.0. The number of methoxy groups -OCH3 is 1. The maximum Gasteiger partial charge on any atom is 0.224 e. The first-order chi connectivity index (χ1) is 8.56. The molecular weight excluding hydrogens is 228 g/mol. The van der Waals surface area contributed by atoms with Gasteiger partial charge in [0.25, 0.3) is 0 Å². The van der Waals surface area contributed by atoms with E-state index in [9.17, 15) is 4.79 Å². The predicted octanol–water partition coefficient (Wildman–Crippen LogP) is 1.27. The zero-order valence-corrected chi connectivity index (χ0v) is 11.5. The molecular formula is C14H22N2O2. The summed E-state index contributed by atoms with van der Waals surface area (Å²) in [6.45, 7) is 4.65. The Morgan fingerprint density at radius 3 is 2.78 bits per heavy atom. The van der Waals surface area contributed by atoms with E-state index in [-0.39, 0.29) is 11.9 Å². The van der Waals surface area contributed by atoms with Gasteiger partial charge in [-0.05, 0) is 27.0 Å². The van der Waals surface area contributed by atoms with Gasteiger partial charge in [0.15, 0.2) is 0 Å². The average molecular weight is 250 g/mol. The fourth-order valence-corrected chi connectivity index (χ4v) is 1.65. The summed E-state index contributed by atoms with van der Waals surface area (Å²) in [7, 11) is 3.50. The second-order valence-corrected chi connectivity index (χ2v) is 4.49. The molecule has 1 atom stereocenters. The lowest BCUT2D eigenvalue weighted by Gasteiger charge is -2.13. The van der Waals surface area contributed by atoms with Crippen molar-refractivity contribution in [2.45, 2.75) is 26.3 Å². The minimum absolute atomic E-state index is 0.0148. The van der Waals surface area contributed by atoms with Crippen molar-refractivity contribution in [3.63, 3.8) is 0 Å². The van der Waals surface area contributed by atoms with E-state index >= 15 is 0 Å². The smallest absolute Gasteiger partial charge is 0.224 e. The highest BCUT2D eigenvalue weighted by Crippen LogP contribution is 2.19. The zero-order valence-electron chi connectivity index (χ0n) is 11.5. The molecule has 0 aliphatic carbocycles. The topological polar surface area (TPSA) is 50.4 Å². The lowest BCUT2D eigenvalue weighted by atomic mass is 10.1. The maximum absolute atomic E-state index is 11.8. The fourth-order valence-electron chi connectivity index (χ4n) is 1.65. The Morgan fingerprint density at radius 1 is 1.44 bits per heavy atom. The highest BCUT2D eigenvalue weighted by atomic mass is 16.5. The van der Waals surface area contributed by atoms with Gasteiger partial charge in [-0.25, -0.2) is 0 Å². The summed E-state index contributed by atoms with van der Waals surface area (Å²) in [6, 6.07) is 6.13. The van der Waals surface area contributed by atoms with Gasteiger partial charge in [0, 0.05) is 18.2 Å². The van der Waals surface area contributed by atoms with Gasteiger partial charge < -0.3 is 15.4 Å². The van der Waals surface area contributed by atoms with Crippen LogP contribution in [0.1, 0.15) is 18.1 Å². The van der Waals surface area contributed by atoms with E-state index in [4.69, 9.17) is 4.74 Å². The zero-order chi connectivity index (χ0) is 13.5. The number of carbonyl (C=O) groups excluding carboxylic acids is 1. The van der Waals surface area contributed by atoms with Gasteiger partial charge in [0.1, 0.15) is 5.75 Å². The molecule has 0 saturated carbocycles. The highest BCUT2D eigenvalue weighted by Gasteiger charge is 2.09. The van der Waals surface area contributed by atoms with E-state index in [0.29, 0.717) is 13.0 Å². The van der Waals surface area contributed by atoms with E-state index in [1.807, 2.05) is 39.1 Å². The Labute approximate surface area is 109 Å². The van der Waals surface area contributed by atoms with Gasteiger partial charge in [-0.1, -0.05) is 17.7 Å². The molecule has 0 aliphatic heterocycles. The molecule has 0 aromatic heterocycles. The van der Waals surface area contributed by atoms with Crippen molar-refractivity contribution in [2.75, 3.05) is 20.7 Å². The molecule has 1 amide bonds. The summed E-state index contributed by atoms with van der Waals surface area (Å²) < 4.78 is 5.26. The summed E-state index contributed by atoms with van der Waals surface area (Å²) in [5.74, 6) is 0.776. The van der Waals surface area contributed by atoms with Crippen LogP contribution in [0, 0.1) is 6.92 Å². The first kappa shape index (κ1) is 14.5. The lowest BCUT2D eigenvalue weighted by Crippen LogP contribution is -2.37. The number of amides is 1. The largest absolute Gasteiger partial charge is 0.496 e. The van der Waals surface area contributed by atoms with Crippen LogP contribution in [0.4, 0.5) is 0 Å². The van der Waals surface area contributed by atoms with E-state index in [0.717, 1.165) is 16.9 Å². The molecule has 0 saturated heterocycles. The second-order valence-electron chi connectivity index (χ2n) is 4.49. The number of hydrogen-bond acceptors (Lipinski definition) is 3. The van der Waals surface area contributed by atoms with Crippen molar-refractivity contribution in [1.29, 1.82) is 0 Å². The standard InChI is InChI=1S/C14H22N2O2/c1-10-5-6-13(18-4)12(7-10)8-14(17)16-9-11(2)15-3/h5-7,11,15H,8-9H2,1-4H3,(H,16,17). The fraction of sp³-hybridized carbons (Fsp3) is 0.500. The van der Waals surface area contributed by atoms with E-state index < -0.39 is 0 Å². The Morgan fingerprint density at radius 2 is 2.17 bits per heavy atom. The number of nitrogens with one attached hydrogen (secondary N) is 2. The number of aryl methyl sites for hydroxylation is 1. The summed E-state index contributed by atoms with van der Waals surface area (Å²) in [5, 5.41) is 5.97. The first-order valence-electron chi connectivity index (χ1n) is 6.14. The molecule has 0 heterocycles. The summed E-state index contributed by atoms with van der Waals surface area (Å²) >= 11 is 0. The van der Waals surface area contributed by atoms with Gasteiger partial charge in [0.2, 0.25) is 5.91 Å². The predicted molar refractivity (Wildman–Crippen MR) is 73.0 cm³/mol. The van der Waals surface area contributed by atoms with Gasteiger partial charge >= 0.3 is 0 Å². The van der Waals surface area contributed by atoms with Crippen molar-refractivity contribution < 1.29 is 9.53 Å². The molecule has 4 heteroatoms. The molecule has 100 valence electrons. The SMILES string of the molecule is CNC(C)CNC(=O)Cc1cc(C)ccc1OC. The van der Waals surface area contributed by atoms with Gasteiger partial charge in [0.05, 0.1) is 13.5 Å². The van der Waals surface area contributed by atoms with E-state index in [2.05, 4.69) is 10.6 Å². The first-order valence-corrected chi connectivity index (χ1v) is 6.14. The van der Waals surface area contributed by atoms with Crippen molar-refractivity contribution >= 4 is 5.91 Å². The Balaban J connectivity index is 2.61. The van der Waals surface area contributed by atoms with Crippen molar-refractivity contribution in [3.8, 4) is 5.75 Å². The molecule has 1 aromatic rings. The highest BCUT2D eigenvalue weighted by molar-refractivity contribution is 5.79. The van der Waals surface area contributed by atoms with Gasteiger partial charge in [-0.2, -0.15) is 0 Å². The minimum atomic E-state index is 0.0148. The molecule has 0 aliphatic rings. The van der Waals surface area contributed by atoms with Crippen molar-refractivity contribution in [1.82, 2.24) is 10.6 Å². The molecule has 1 rings (SSSR count). The number of carbonyl (C=O) groups is 1. The minimum Gasteiger partial charge on any atom is -0.496 e. The molecule has 0 spiro atoms. The van der Waals surface area contributed by atoms with Gasteiger partial charge in [-0.15, -0.1) is 0 Å². The lowest BCUT2D eigenvalue weighted by molar-refractivity contribution is -0.120. The third-order valence-electron chi connectivity index (χ3n) is 2.89. The number of rotatable bonds is 6. The molecule has 18 heavy (non-hydrogen) atoms.